The molecule has 8 rings (SSSR count). The number of hydrogen-bond acceptors (Lipinski definition) is 6. The van der Waals surface area contributed by atoms with Crippen LogP contribution in [0.2, 0.25) is 0 Å². The Kier molecular flexibility index (Phi) is 6.14. The molecule has 0 aromatic heterocycles. The molecule has 3 saturated carbocycles. The number of carbonyl (C=O) groups is 4. The van der Waals surface area contributed by atoms with Gasteiger partial charge in [0.1, 0.15) is 6.61 Å². The van der Waals surface area contributed by atoms with Crippen LogP contribution in [0, 0.1) is 17.3 Å². The lowest BCUT2D eigenvalue weighted by atomic mass is 9.56. The highest BCUT2D eigenvalue weighted by Crippen LogP contribution is 2.53. The van der Waals surface area contributed by atoms with E-state index in [0.29, 0.717) is 17.4 Å². The summed E-state index contributed by atoms with van der Waals surface area (Å²) in [5.74, 6) is -1.74. The smallest absolute Gasteiger partial charge is 0.407 e. The summed E-state index contributed by atoms with van der Waals surface area (Å²) in [6, 6.07) is 22.7. The summed E-state index contributed by atoms with van der Waals surface area (Å²) >= 11 is 0. The van der Waals surface area contributed by atoms with Crippen LogP contribution in [0.1, 0.15) is 69.9 Å². The van der Waals surface area contributed by atoms with Crippen LogP contribution in [0.5, 0.6) is 0 Å². The van der Waals surface area contributed by atoms with Crippen LogP contribution in [-0.2, 0) is 14.4 Å². The van der Waals surface area contributed by atoms with Crippen LogP contribution in [0.25, 0.3) is 11.1 Å². The van der Waals surface area contributed by atoms with Crippen LogP contribution in [0.4, 0.5) is 4.79 Å². The van der Waals surface area contributed by atoms with E-state index in [0.717, 1.165) is 47.9 Å². The molecule has 1 atom stereocenters. The number of fused-ring (bicyclic) bond motifs is 7. The molecule has 0 radical (unpaired) electrons. The van der Waals surface area contributed by atoms with Gasteiger partial charge in [0, 0.05) is 12.5 Å². The van der Waals surface area contributed by atoms with Gasteiger partial charge in [-0.15, -0.1) is 0 Å². The van der Waals surface area contributed by atoms with E-state index in [2.05, 4.69) is 29.6 Å². The van der Waals surface area contributed by atoms with Crippen LogP contribution in [0.3, 0.4) is 0 Å². The lowest BCUT2D eigenvalue weighted by Crippen LogP contribution is -2.55. The van der Waals surface area contributed by atoms with Crippen molar-refractivity contribution < 1.29 is 28.8 Å². The molecule has 1 heterocycles. The third kappa shape index (κ3) is 4.12. The van der Waals surface area contributed by atoms with Crippen LogP contribution in [-0.4, -0.2) is 42.1 Å². The van der Waals surface area contributed by atoms with E-state index in [4.69, 9.17) is 9.57 Å². The Morgan fingerprint density at radius 3 is 1.85 bits per heavy atom. The van der Waals surface area contributed by atoms with E-state index in [1.165, 1.54) is 0 Å². The lowest BCUT2D eigenvalue weighted by Gasteiger charge is -2.49. The van der Waals surface area contributed by atoms with Gasteiger partial charge in [-0.25, -0.2) is 9.59 Å². The van der Waals surface area contributed by atoms with Crippen molar-refractivity contribution in [2.75, 3.05) is 13.2 Å². The summed E-state index contributed by atoms with van der Waals surface area (Å²) in [5, 5.41) is 3.42. The number of hydroxylamine groups is 2. The Labute approximate surface area is 237 Å². The Morgan fingerprint density at radius 2 is 1.32 bits per heavy atom. The summed E-state index contributed by atoms with van der Waals surface area (Å²) in [6.45, 7) is 0.186. The second kappa shape index (κ2) is 9.87. The predicted octanol–water partition coefficient (Wildman–Crippen LogP) is 5.48. The third-order valence-electron chi connectivity index (χ3n) is 9.51. The van der Waals surface area contributed by atoms with Gasteiger partial charge in [0.15, 0.2) is 0 Å². The standard InChI is InChI=1S/C33H30N2O6/c36-29-26-11-5-6-12-27(26)30(37)35(29)41-31(38)33(17-20-13-15-21(33)16-14-20)19-34-32(39)40-18-28-24-9-3-1-7-22(24)23-8-2-4-10-25(23)28/h1-12,20-21,28H,13-19H2,(H,34,39). The maximum absolute atomic E-state index is 13.8. The molecule has 0 saturated heterocycles. The summed E-state index contributed by atoms with van der Waals surface area (Å²) in [5.41, 5.74) is 3.90. The molecule has 1 N–H and O–H groups in total. The van der Waals surface area contributed by atoms with Crippen LogP contribution < -0.4 is 5.32 Å². The molecule has 1 aliphatic heterocycles. The minimum atomic E-state index is -1.04. The van der Waals surface area contributed by atoms with E-state index in [-0.39, 0.29) is 36.1 Å². The number of amides is 3. The number of imide groups is 1. The van der Waals surface area contributed by atoms with Crippen molar-refractivity contribution >= 4 is 23.9 Å². The van der Waals surface area contributed by atoms with Crippen molar-refractivity contribution in [3.63, 3.8) is 0 Å². The largest absolute Gasteiger partial charge is 0.449 e. The first-order chi connectivity index (χ1) is 20.0. The number of alkyl carbamates (subject to hydrolysis) is 1. The number of carbonyl (C=O) groups excluding carboxylic acids is 4. The number of rotatable bonds is 6. The molecule has 3 fully saturated rings. The van der Waals surface area contributed by atoms with Gasteiger partial charge >= 0.3 is 12.1 Å². The molecule has 1 unspecified atom stereocenters. The first kappa shape index (κ1) is 25.5. The number of hydrogen-bond donors (Lipinski definition) is 1. The van der Waals surface area contributed by atoms with Crippen molar-refractivity contribution in [1.82, 2.24) is 10.4 Å². The fraction of sp³-hybridized carbons (Fsp3) is 0.333. The maximum Gasteiger partial charge on any atom is 0.407 e. The van der Waals surface area contributed by atoms with Crippen molar-refractivity contribution in [2.45, 2.75) is 38.0 Å². The van der Waals surface area contributed by atoms with E-state index in [1.54, 1.807) is 24.3 Å². The maximum atomic E-state index is 13.8. The van der Waals surface area contributed by atoms with Gasteiger partial charge in [-0.2, -0.15) is 0 Å². The average molecular weight is 551 g/mol. The topological polar surface area (TPSA) is 102 Å². The molecule has 8 nitrogen and oxygen atoms in total. The quantitative estimate of drug-likeness (QED) is 0.408. The molecule has 0 spiro atoms. The Morgan fingerprint density at radius 1 is 0.780 bits per heavy atom. The molecular formula is C33H30N2O6. The molecule has 8 heteroatoms. The molecule has 208 valence electrons. The molecule has 2 bridgehead atoms. The van der Waals surface area contributed by atoms with Crippen molar-refractivity contribution in [3.05, 3.63) is 95.1 Å². The number of nitrogens with one attached hydrogen (secondary N) is 1. The number of nitrogens with zero attached hydrogens (tertiary/aromatic N) is 1. The van der Waals surface area contributed by atoms with E-state index < -0.39 is 29.3 Å². The first-order valence-corrected chi connectivity index (χ1v) is 14.3. The zero-order valence-electron chi connectivity index (χ0n) is 22.5. The van der Waals surface area contributed by atoms with Crippen molar-refractivity contribution in [1.29, 1.82) is 0 Å². The van der Waals surface area contributed by atoms with Crippen molar-refractivity contribution in [3.8, 4) is 11.1 Å². The van der Waals surface area contributed by atoms with Gasteiger partial charge in [0.25, 0.3) is 11.8 Å². The zero-order valence-corrected chi connectivity index (χ0v) is 22.5. The van der Waals surface area contributed by atoms with Crippen LogP contribution in [0.15, 0.2) is 72.8 Å². The van der Waals surface area contributed by atoms with Crippen LogP contribution >= 0.6 is 0 Å². The van der Waals surface area contributed by atoms with Gasteiger partial charge in [0.05, 0.1) is 16.5 Å². The normalized spacial score (nSPS) is 24.0. The summed E-state index contributed by atoms with van der Waals surface area (Å²) in [7, 11) is 0. The van der Waals surface area contributed by atoms with Gasteiger partial charge in [-0.05, 0) is 65.5 Å². The fourth-order valence-electron chi connectivity index (χ4n) is 7.44. The average Bonchev–Trinajstić information content (AvgIpc) is 3.46. The second-order valence-electron chi connectivity index (χ2n) is 11.6. The van der Waals surface area contributed by atoms with E-state index >= 15 is 0 Å². The highest BCUT2D eigenvalue weighted by Gasteiger charge is 2.55. The predicted molar refractivity (Wildman–Crippen MR) is 149 cm³/mol. The second-order valence-corrected chi connectivity index (χ2v) is 11.6. The highest BCUT2D eigenvalue weighted by atomic mass is 16.7. The van der Waals surface area contributed by atoms with E-state index in [9.17, 15) is 19.2 Å². The van der Waals surface area contributed by atoms with E-state index in [1.807, 2.05) is 24.3 Å². The van der Waals surface area contributed by atoms with Gasteiger partial charge in [-0.3, -0.25) is 9.59 Å². The highest BCUT2D eigenvalue weighted by molar-refractivity contribution is 6.21. The molecule has 3 aromatic carbocycles. The number of ether oxygens (including phenoxy) is 1. The lowest BCUT2D eigenvalue weighted by molar-refractivity contribution is -0.191. The Balaban J connectivity index is 1.06. The summed E-state index contributed by atoms with van der Waals surface area (Å²) in [6.07, 6.45) is 3.60. The third-order valence-corrected chi connectivity index (χ3v) is 9.51. The molecule has 3 amide bonds. The molecule has 5 aliphatic rings. The molecule has 4 aliphatic carbocycles. The molecule has 3 aromatic rings. The zero-order chi connectivity index (χ0) is 28.1. The Hall–Kier alpha value is -4.46. The summed E-state index contributed by atoms with van der Waals surface area (Å²) < 4.78 is 5.72. The summed E-state index contributed by atoms with van der Waals surface area (Å²) in [4.78, 5) is 58.2. The van der Waals surface area contributed by atoms with Gasteiger partial charge in [-0.1, -0.05) is 78.6 Å². The minimum Gasteiger partial charge on any atom is -0.449 e. The van der Waals surface area contributed by atoms with Crippen molar-refractivity contribution in [2.24, 2.45) is 17.3 Å². The SMILES string of the molecule is O=C(NCC1(C(=O)ON2C(=O)c3ccccc3C2=O)CC2CCC1CC2)OCC1c2ccccc2-c2ccccc21. The Bertz CT molecular complexity index is 1490. The first-order valence-electron chi connectivity index (χ1n) is 14.3. The monoisotopic (exact) mass is 550 g/mol. The minimum absolute atomic E-state index is 0.0207. The molecular weight excluding hydrogens is 520 g/mol. The number of benzene rings is 3. The fourth-order valence-corrected chi connectivity index (χ4v) is 7.44. The molecule has 41 heavy (non-hydrogen) atoms. The van der Waals surface area contributed by atoms with Gasteiger partial charge in [0.2, 0.25) is 0 Å². The van der Waals surface area contributed by atoms with Gasteiger partial charge < -0.3 is 14.9 Å².